The molecule has 0 aliphatic heterocycles. The first kappa shape index (κ1) is 14.9. The largest absolute Gasteiger partial charge is 0.361 e. The molecule has 0 saturated carbocycles. The Balaban J connectivity index is 2.27. The average molecular weight is 293 g/mol. The van der Waals surface area contributed by atoms with E-state index in [1.807, 2.05) is 38.2 Å². The van der Waals surface area contributed by atoms with Gasteiger partial charge in [0.1, 0.15) is 0 Å². The first-order valence-corrected chi connectivity index (χ1v) is 7.24. The number of carbonyl (C=O) groups excluding carboxylic acids is 1. The summed E-state index contributed by atoms with van der Waals surface area (Å²) >= 11 is 6.08. The molecule has 0 bridgehead atoms. The molecule has 0 spiro atoms. The molecule has 0 radical (unpaired) electrons. The molecule has 20 heavy (non-hydrogen) atoms. The lowest BCUT2D eigenvalue weighted by atomic mass is 9.84. The van der Waals surface area contributed by atoms with Crippen LogP contribution in [0.4, 0.5) is 0 Å². The molecule has 1 aromatic heterocycles. The summed E-state index contributed by atoms with van der Waals surface area (Å²) in [6.07, 6.45) is 2.00. The van der Waals surface area contributed by atoms with Crippen LogP contribution in [-0.4, -0.2) is 17.4 Å². The Kier molecular flexibility index (Phi) is 4.09. The topological polar surface area (TPSA) is 44.9 Å². The second kappa shape index (κ2) is 5.49. The highest BCUT2D eigenvalue weighted by Crippen LogP contribution is 2.31. The van der Waals surface area contributed by atoms with Crippen LogP contribution in [0, 0.1) is 5.92 Å². The Hall–Kier alpha value is -1.48. The van der Waals surface area contributed by atoms with Crippen molar-refractivity contribution in [1.82, 2.24) is 10.3 Å². The van der Waals surface area contributed by atoms with Crippen LogP contribution in [0.1, 0.15) is 33.3 Å². The van der Waals surface area contributed by atoms with Crippen LogP contribution in [-0.2, 0) is 10.2 Å². The molecule has 0 saturated heterocycles. The molecule has 2 rings (SSSR count). The minimum atomic E-state index is -0.159. The molecule has 4 heteroatoms. The van der Waals surface area contributed by atoms with Crippen molar-refractivity contribution < 1.29 is 4.79 Å². The van der Waals surface area contributed by atoms with Crippen molar-refractivity contribution in [2.24, 2.45) is 5.92 Å². The summed E-state index contributed by atoms with van der Waals surface area (Å²) in [5, 5.41) is 4.84. The zero-order valence-corrected chi connectivity index (χ0v) is 13.1. The zero-order valence-electron chi connectivity index (χ0n) is 12.4. The van der Waals surface area contributed by atoms with Gasteiger partial charge in [0.15, 0.2) is 0 Å². The number of halogens is 1. The third-order valence-corrected chi connectivity index (χ3v) is 3.84. The molecule has 0 fully saturated rings. The fourth-order valence-corrected chi connectivity index (χ4v) is 2.43. The third kappa shape index (κ3) is 2.98. The van der Waals surface area contributed by atoms with Crippen LogP contribution in [0.3, 0.4) is 0 Å². The van der Waals surface area contributed by atoms with E-state index in [2.05, 4.69) is 24.1 Å². The molecule has 1 amide bonds. The maximum Gasteiger partial charge on any atom is 0.222 e. The monoisotopic (exact) mass is 292 g/mol. The molecule has 108 valence electrons. The number of aromatic nitrogens is 1. The number of amides is 1. The Bertz CT molecular complexity index is 628. The molecule has 0 unspecified atom stereocenters. The van der Waals surface area contributed by atoms with Gasteiger partial charge in [-0.1, -0.05) is 39.3 Å². The molecule has 1 aromatic carbocycles. The van der Waals surface area contributed by atoms with Crippen molar-refractivity contribution in [3.05, 3.63) is 35.0 Å². The molecule has 0 aliphatic rings. The van der Waals surface area contributed by atoms with Gasteiger partial charge in [0.25, 0.3) is 0 Å². The maximum absolute atomic E-state index is 11.7. The van der Waals surface area contributed by atoms with E-state index in [0.717, 1.165) is 15.9 Å². The quantitative estimate of drug-likeness (QED) is 0.883. The fraction of sp³-hybridized carbons (Fsp3) is 0.438. The summed E-state index contributed by atoms with van der Waals surface area (Å²) in [5.74, 6) is 0.0826. The van der Waals surface area contributed by atoms with Crippen LogP contribution in [0.25, 0.3) is 10.9 Å². The van der Waals surface area contributed by atoms with Crippen LogP contribution in [0.15, 0.2) is 24.4 Å². The average Bonchev–Trinajstić information content (AvgIpc) is 2.79. The number of rotatable bonds is 4. The minimum absolute atomic E-state index is 0.00298. The highest BCUT2D eigenvalue weighted by molar-refractivity contribution is 6.31. The van der Waals surface area contributed by atoms with E-state index in [1.165, 1.54) is 5.56 Å². The number of hydrogen-bond donors (Lipinski definition) is 2. The molecule has 0 atom stereocenters. The number of fused-ring (bicyclic) bond motifs is 1. The van der Waals surface area contributed by atoms with Gasteiger partial charge in [0.2, 0.25) is 5.91 Å². The van der Waals surface area contributed by atoms with Crippen molar-refractivity contribution in [2.75, 3.05) is 6.54 Å². The van der Waals surface area contributed by atoms with E-state index >= 15 is 0 Å². The van der Waals surface area contributed by atoms with Crippen molar-refractivity contribution in [1.29, 1.82) is 0 Å². The first-order valence-electron chi connectivity index (χ1n) is 6.86. The number of nitrogens with one attached hydrogen (secondary N) is 2. The Morgan fingerprint density at radius 1 is 1.40 bits per heavy atom. The summed E-state index contributed by atoms with van der Waals surface area (Å²) in [5.41, 5.74) is 2.07. The maximum atomic E-state index is 11.7. The molecule has 0 aliphatic carbocycles. The second-order valence-electron chi connectivity index (χ2n) is 6.15. The molecule has 1 heterocycles. The predicted molar refractivity (Wildman–Crippen MR) is 84.2 cm³/mol. The van der Waals surface area contributed by atoms with E-state index in [1.54, 1.807) is 0 Å². The predicted octanol–water partition coefficient (Wildman–Crippen LogP) is 3.87. The van der Waals surface area contributed by atoms with Crippen LogP contribution in [0.2, 0.25) is 5.02 Å². The second-order valence-corrected chi connectivity index (χ2v) is 6.59. The summed E-state index contributed by atoms with van der Waals surface area (Å²) in [4.78, 5) is 15.0. The standard InChI is InChI=1S/C16H21ClN2O/c1-10(2)15(20)19-9-16(3,4)13-8-18-14-6-5-11(17)7-12(13)14/h5-8,10,18H,9H2,1-4H3,(H,19,20). The van der Waals surface area contributed by atoms with E-state index < -0.39 is 0 Å². The lowest BCUT2D eigenvalue weighted by molar-refractivity contribution is -0.124. The van der Waals surface area contributed by atoms with Crippen molar-refractivity contribution in [2.45, 2.75) is 33.1 Å². The van der Waals surface area contributed by atoms with Gasteiger partial charge < -0.3 is 10.3 Å². The van der Waals surface area contributed by atoms with Crippen molar-refractivity contribution >= 4 is 28.4 Å². The third-order valence-electron chi connectivity index (χ3n) is 3.60. The van der Waals surface area contributed by atoms with E-state index in [4.69, 9.17) is 11.6 Å². The SMILES string of the molecule is CC(C)C(=O)NCC(C)(C)c1c[nH]c2ccc(Cl)cc12. The normalized spacial score (nSPS) is 12.1. The van der Waals surface area contributed by atoms with Crippen molar-refractivity contribution in [3.8, 4) is 0 Å². The van der Waals surface area contributed by atoms with Crippen molar-refractivity contribution in [3.63, 3.8) is 0 Å². The molecule has 3 nitrogen and oxygen atoms in total. The molecule has 2 aromatic rings. The van der Waals surface area contributed by atoms with Gasteiger partial charge in [0.05, 0.1) is 0 Å². The molecular formula is C16H21ClN2O. The number of aromatic amines is 1. The summed E-state index contributed by atoms with van der Waals surface area (Å²) < 4.78 is 0. The summed E-state index contributed by atoms with van der Waals surface area (Å²) in [6, 6.07) is 5.82. The molecule has 2 N–H and O–H groups in total. The minimum Gasteiger partial charge on any atom is -0.361 e. The lowest BCUT2D eigenvalue weighted by Gasteiger charge is -2.25. The van der Waals surface area contributed by atoms with E-state index in [9.17, 15) is 4.79 Å². The number of benzene rings is 1. The summed E-state index contributed by atoms with van der Waals surface area (Å²) in [7, 11) is 0. The van der Waals surface area contributed by atoms with Gasteiger partial charge in [-0.05, 0) is 23.8 Å². The van der Waals surface area contributed by atoms with E-state index in [-0.39, 0.29) is 17.2 Å². The van der Waals surface area contributed by atoms with Gasteiger partial charge in [-0.2, -0.15) is 0 Å². The smallest absolute Gasteiger partial charge is 0.222 e. The zero-order chi connectivity index (χ0) is 14.9. The van der Waals surface area contributed by atoms with Gasteiger partial charge in [-0.15, -0.1) is 0 Å². The molecular weight excluding hydrogens is 272 g/mol. The Morgan fingerprint density at radius 3 is 2.75 bits per heavy atom. The van der Waals surface area contributed by atoms with Crippen LogP contribution >= 0.6 is 11.6 Å². The first-order chi connectivity index (χ1) is 9.31. The number of H-pyrrole nitrogens is 1. The fourth-order valence-electron chi connectivity index (χ4n) is 2.26. The Labute approximate surface area is 124 Å². The van der Waals surface area contributed by atoms with Crippen LogP contribution in [0.5, 0.6) is 0 Å². The van der Waals surface area contributed by atoms with Gasteiger partial charge >= 0.3 is 0 Å². The van der Waals surface area contributed by atoms with E-state index in [0.29, 0.717) is 6.54 Å². The van der Waals surface area contributed by atoms with Gasteiger partial charge in [0, 0.05) is 40.0 Å². The summed E-state index contributed by atoms with van der Waals surface area (Å²) in [6.45, 7) is 8.64. The number of carbonyl (C=O) groups is 1. The Morgan fingerprint density at radius 2 is 2.10 bits per heavy atom. The van der Waals surface area contributed by atoms with Gasteiger partial charge in [-0.3, -0.25) is 4.79 Å². The number of hydrogen-bond acceptors (Lipinski definition) is 1. The highest BCUT2D eigenvalue weighted by Gasteiger charge is 2.25. The highest BCUT2D eigenvalue weighted by atomic mass is 35.5. The van der Waals surface area contributed by atoms with Gasteiger partial charge in [-0.25, -0.2) is 0 Å². The van der Waals surface area contributed by atoms with Crippen LogP contribution < -0.4 is 5.32 Å². The lowest BCUT2D eigenvalue weighted by Crippen LogP contribution is -2.38.